The maximum atomic E-state index is 5.59. The summed E-state index contributed by atoms with van der Waals surface area (Å²) >= 11 is 0. The zero-order valence-electron chi connectivity index (χ0n) is 20.4. The Morgan fingerprint density at radius 3 is 0.577 bits per heavy atom. The molecule has 26 heavy (non-hydrogen) atoms. The van der Waals surface area contributed by atoms with Crippen LogP contribution in [0.5, 0.6) is 0 Å². The van der Waals surface area contributed by atoms with Crippen molar-refractivity contribution in [3.8, 4) is 0 Å². The summed E-state index contributed by atoms with van der Waals surface area (Å²) in [7, 11) is 21.9. The Kier molecular flexibility index (Phi) is 19.2. The van der Waals surface area contributed by atoms with Gasteiger partial charge in [-0.15, -0.1) is 5.72 Å². The SMILES string of the molecule is C.CC(C)(C)C.CC(C)(C)C.[B]C([B])(C)C(C)(C)C.[B]C([B])C(C)(C)C. The van der Waals surface area contributed by atoms with Crippen LogP contribution >= 0.6 is 0 Å². The Balaban J connectivity index is -0.0000000760. The smallest absolute Gasteiger partial charge is 0.0623 e. The van der Waals surface area contributed by atoms with E-state index in [2.05, 4.69) is 55.4 Å². The molecule has 0 amide bonds. The van der Waals surface area contributed by atoms with Gasteiger partial charge in [-0.1, -0.05) is 122 Å². The molecule has 0 unspecified atom stereocenters. The monoisotopic (exact) mass is 358 g/mol. The van der Waals surface area contributed by atoms with Crippen LogP contribution in [0.4, 0.5) is 0 Å². The second kappa shape index (κ2) is 13.4. The molecule has 0 aromatic heterocycles. The van der Waals surface area contributed by atoms with Gasteiger partial charge < -0.3 is 0 Å². The average Bonchev–Trinajstić information content (AvgIpc) is 2.06. The van der Waals surface area contributed by atoms with Crippen LogP contribution in [-0.4, -0.2) is 31.4 Å². The summed E-state index contributed by atoms with van der Waals surface area (Å²) in [5, 5.41) is -0.562. The van der Waals surface area contributed by atoms with Crippen LogP contribution in [0.3, 0.4) is 0 Å². The zero-order chi connectivity index (χ0) is 22.1. The van der Waals surface area contributed by atoms with Crippen LogP contribution in [0, 0.1) is 21.7 Å². The fourth-order valence-corrected chi connectivity index (χ4v) is 0. The van der Waals surface area contributed by atoms with E-state index in [0.717, 1.165) is 0 Å². The minimum Gasteiger partial charge on any atom is -0.105 e. The molecule has 0 atom stereocenters. The van der Waals surface area contributed by atoms with Gasteiger partial charge >= 0.3 is 0 Å². The molecular formula is C22H50B4. The molecule has 0 bridgehead atoms. The molecule has 0 nitrogen and oxygen atoms in total. The van der Waals surface area contributed by atoms with Crippen molar-refractivity contribution in [2.24, 2.45) is 21.7 Å². The molecule has 4 heteroatoms. The maximum Gasteiger partial charge on any atom is 0.0623 e. The van der Waals surface area contributed by atoms with Crippen molar-refractivity contribution in [3.63, 3.8) is 0 Å². The second-order valence-corrected chi connectivity index (χ2v) is 12.4. The molecule has 0 saturated carbocycles. The lowest BCUT2D eigenvalue weighted by molar-refractivity contribution is 0.363. The molecule has 0 aromatic carbocycles. The highest BCUT2D eigenvalue weighted by Gasteiger charge is 2.25. The molecule has 0 N–H and O–H groups in total. The normalized spacial score (nSPS) is 12.3. The standard InChI is InChI=1S/C6H12B2.C5H10B2.2C5H12.CH4/c1-5(2,3)6(4,7)8;1-5(2,3)4(6)7;2*1-5(2,3)4;/h1-4H3;4H,1-3H3;2*1-4H3;1H4. The molecule has 0 heterocycles. The summed E-state index contributed by atoms with van der Waals surface area (Å²) in [4.78, 5) is 0. The van der Waals surface area contributed by atoms with Crippen molar-refractivity contribution >= 4 is 31.4 Å². The zero-order valence-corrected chi connectivity index (χ0v) is 20.4. The lowest BCUT2D eigenvalue weighted by Crippen LogP contribution is -2.26. The Hall–Kier alpha value is 0.260. The molecule has 0 aliphatic heterocycles. The molecule has 8 radical (unpaired) electrons. The Morgan fingerprint density at radius 1 is 0.500 bits per heavy atom. The summed E-state index contributed by atoms with van der Waals surface area (Å²) in [5.74, 6) is 0. The van der Waals surface area contributed by atoms with Crippen LogP contribution in [0.25, 0.3) is 0 Å². The van der Waals surface area contributed by atoms with Gasteiger partial charge in [-0.2, -0.15) is 0 Å². The largest absolute Gasteiger partial charge is 0.105 e. The third-order valence-corrected chi connectivity index (χ3v) is 2.62. The molecule has 0 aromatic rings. The summed E-state index contributed by atoms with van der Waals surface area (Å²) < 4.78 is 0. The number of hydrogen-bond donors (Lipinski definition) is 0. The summed E-state index contributed by atoms with van der Waals surface area (Å²) in [5.41, 5.74) is 0.847. The predicted molar refractivity (Wildman–Crippen MR) is 131 cm³/mol. The number of hydrogen-bond acceptors (Lipinski definition) is 0. The van der Waals surface area contributed by atoms with Gasteiger partial charge in [-0.3, -0.25) is 0 Å². The lowest BCUT2D eigenvalue weighted by Gasteiger charge is -2.36. The minimum absolute atomic E-state index is 0. The van der Waals surface area contributed by atoms with Crippen LogP contribution in [-0.2, 0) is 0 Å². The van der Waals surface area contributed by atoms with Gasteiger partial charge in [-0.25, -0.2) is 0 Å². The number of rotatable bonds is 0. The summed E-state index contributed by atoms with van der Waals surface area (Å²) in [6.45, 7) is 31.4. The highest BCUT2D eigenvalue weighted by atomic mass is 14.2. The fourth-order valence-electron chi connectivity index (χ4n) is 0. The first-order chi connectivity index (χ1) is 10.2. The van der Waals surface area contributed by atoms with Crippen molar-refractivity contribution < 1.29 is 0 Å². The molecule has 0 aliphatic rings. The van der Waals surface area contributed by atoms with E-state index < -0.39 is 5.21 Å². The molecular weight excluding hydrogens is 307 g/mol. The Bertz CT molecular complexity index is 263. The van der Waals surface area contributed by atoms with E-state index >= 15 is 0 Å². The lowest BCUT2D eigenvalue weighted by atomic mass is 9.45. The first kappa shape index (κ1) is 37.1. The first-order valence-corrected chi connectivity index (χ1v) is 9.28. The Labute approximate surface area is 175 Å². The van der Waals surface area contributed by atoms with E-state index in [1.807, 2.05) is 48.5 Å². The molecule has 0 saturated heterocycles. The van der Waals surface area contributed by atoms with Crippen molar-refractivity contribution in [1.29, 1.82) is 0 Å². The highest BCUT2D eigenvalue weighted by molar-refractivity contribution is 6.40. The van der Waals surface area contributed by atoms with Gasteiger partial charge in [0, 0.05) is 0 Å². The first-order valence-electron chi connectivity index (χ1n) is 9.28. The Morgan fingerprint density at radius 2 is 0.577 bits per heavy atom. The van der Waals surface area contributed by atoms with E-state index in [-0.39, 0.29) is 24.0 Å². The summed E-state index contributed by atoms with van der Waals surface area (Å²) in [6.07, 6.45) is 0. The van der Waals surface area contributed by atoms with E-state index in [4.69, 9.17) is 31.4 Å². The van der Waals surface area contributed by atoms with Gasteiger partial charge in [0.15, 0.2) is 0 Å². The van der Waals surface area contributed by atoms with Crippen LogP contribution < -0.4 is 0 Å². The van der Waals surface area contributed by atoms with E-state index in [9.17, 15) is 0 Å². The third-order valence-electron chi connectivity index (χ3n) is 2.62. The van der Waals surface area contributed by atoms with Crippen LogP contribution in [0.15, 0.2) is 0 Å². The highest BCUT2D eigenvalue weighted by Crippen LogP contribution is 2.37. The molecule has 0 fully saturated rings. The van der Waals surface area contributed by atoms with E-state index in [1.165, 1.54) is 0 Å². The maximum absolute atomic E-state index is 5.59. The quantitative estimate of drug-likeness (QED) is 0.397. The molecule has 0 rings (SSSR count). The van der Waals surface area contributed by atoms with Crippen molar-refractivity contribution in [2.75, 3.05) is 0 Å². The van der Waals surface area contributed by atoms with Crippen molar-refractivity contribution in [1.82, 2.24) is 0 Å². The average molecular weight is 358 g/mol. The second-order valence-electron chi connectivity index (χ2n) is 12.4. The van der Waals surface area contributed by atoms with Crippen molar-refractivity contribution in [3.05, 3.63) is 0 Å². The minimum atomic E-state index is -0.562. The van der Waals surface area contributed by atoms with Crippen LogP contribution in [0.2, 0.25) is 10.9 Å². The topological polar surface area (TPSA) is 0 Å². The summed E-state index contributed by atoms with van der Waals surface area (Å²) in [6, 6.07) is 0. The van der Waals surface area contributed by atoms with Gasteiger partial charge in [0.2, 0.25) is 0 Å². The van der Waals surface area contributed by atoms with Crippen molar-refractivity contribution in [2.45, 2.75) is 122 Å². The van der Waals surface area contributed by atoms with Gasteiger partial charge in [0.05, 0.1) is 31.4 Å². The predicted octanol–water partition coefficient (Wildman–Crippen LogP) is 7.36. The van der Waals surface area contributed by atoms with Crippen LogP contribution in [0.1, 0.15) is 111 Å². The molecule has 0 aliphatic carbocycles. The third kappa shape index (κ3) is 56.4. The van der Waals surface area contributed by atoms with Gasteiger partial charge in [-0.05, 0) is 16.2 Å². The van der Waals surface area contributed by atoms with Gasteiger partial charge in [0.25, 0.3) is 0 Å². The fraction of sp³-hybridized carbons (Fsp3) is 1.00. The van der Waals surface area contributed by atoms with Gasteiger partial charge in [0.1, 0.15) is 0 Å². The molecule has 0 spiro atoms. The van der Waals surface area contributed by atoms with E-state index in [1.54, 1.807) is 0 Å². The molecule has 150 valence electrons. The van der Waals surface area contributed by atoms with E-state index in [0.29, 0.717) is 10.8 Å².